The van der Waals surface area contributed by atoms with Crippen molar-refractivity contribution in [1.82, 2.24) is 15.3 Å². The van der Waals surface area contributed by atoms with Crippen molar-refractivity contribution in [2.24, 2.45) is 5.73 Å². The SMILES string of the molecule is NCCC(=O)NCCc1nc2ccccc2[nH]1. The summed E-state index contributed by atoms with van der Waals surface area (Å²) in [5.74, 6) is 0.878. The van der Waals surface area contributed by atoms with Crippen molar-refractivity contribution in [2.75, 3.05) is 13.1 Å². The molecule has 0 spiro atoms. The highest BCUT2D eigenvalue weighted by Gasteiger charge is 2.03. The number of carbonyl (C=O) groups is 1. The number of nitrogens with one attached hydrogen (secondary N) is 2. The van der Waals surface area contributed by atoms with Crippen molar-refractivity contribution in [3.8, 4) is 0 Å². The molecule has 0 saturated heterocycles. The zero-order chi connectivity index (χ0) is 12.1. The summed E-state index contributed by atoms with van der Waals surface area (Å²) in [7, 11) is 0. The third-order valence-electron chi connectivity index (χ3n) is 2.49. The molecular weight excluding hydrogens is 216 g/mol. The maximum absolute atomic E-state index is 11.2. The van der Waals surface area contributed by atoms with Crippen LogP contribution >= 0.6 is 0 Å². The van der Waals surface area contributed by atoms with E-state index in [0.29, 0.717) is 25.9 Å². The second-order valence-electron chi connectivity index (χ2n) is 3.84. The number of hydrogen-bond acceptors (Lipinski definition) is 3. The van der Waals surface area contributed by atoms with Gasteiger partial charge in [0.15, 0.2) is 0 Å². The smallest absolute Gasteiger partial charge is 0.221 e. The topological polar surface area (TPSA) is 83.8 Å². The van der Waals surface area contributed by atoms with Gasteiger partial charge in [-0.05, 0) is 12.1 Å². The van der Waals surface area contributed by atoms with E-state index >= 15 is 0 Å². The largest absolute Gasteiger partial charge is 0.356 e. The average molecular weight is 232 g/mol. The molecule has 0 bridgehead atoms. The van der Waals surface area contributed by atoms with E-state index in [2.05, 4.69) is 15.3 Å². The minimum Gasteiger partial charge on any atom is -0.356 e. The molecular formula is C12H16N4O. The summed E-state index contributed by atoms with van der Waals surface area (Å²) in [5, 5.41) is 2.80. The van der Waals surface area contributed by atoms with Crippen LogP contribution in [0.1, 0.15) is 12.2 Å². The summed E-state index contributed by atoms with van der Waals surface area (Å²) in [6.07, 6.45) is 1.07. The lowest BCUT2D eigenvalue weighted by atomic mass is 10.3. The highest BCUT2D eigenvalue weighted by Crippen LogP contribution is 2.10. The van der Waals surface area contributed by atoms with Gasteiger partial charge in [-0.15, -0.1) is 0 Å². The van der Waals surface area contributed by atoms with Gasteiger partial charge in [0, 0.05) is 25.9 Å². The quantitative estimate of drug-likeness (QED) is 0.704. The molecule has 1 heterocycles. The Morgan fingerprint density at radius 1 is 1.41 bits per heavy atom. The molecule has 4 N–H and O–H groups in total. The first-order valence-corrected chi connectivity index (χ1v) is 5.70. The van der Waals surface area contributed by atoms with Gasteiger partial charge in [-0.1, -0.05) is 12.1 Å². The Balaban J connectivity index is 1.89. The van der Waals surface area contributed by atoms with E-state index in [1.165, 1.54) is 0 Å². The highest BCUT2D eigenvalue weighted by atomic mass is 16.1. The first-order chi connectivity index (χ1) is 8.29. The molecule has 0 unspecified atom stereocenters. The maximum Gasteiger partial charge on any atom is 0.221 e. The van der Waals surface area contributed by atoms with Crippen molar-refractivity contribution in [3.63, 3.8) is 0 Å². The Labute approximate surface area is 99.4 Å². The molecule has 5 nitrogen and oxygen atoms in total. The van der Waals surface area contributed by atoms with Crippen LogP contribution in [-0.4, -0.2) is 29.0 Å². The van der Waals surface area contributed by atoms with Crippen molar-refractivity contribution in [1.29, 1.82) is 0 Å². The highest BCUT2D eigenvalue weighted by molar-refractivity contribution is 5.76. The lowest BCUT2D eigenvalue weighted by Gasteiger charge is -2.01. The summed E-state index contributed by atoms with van der Waals surface area (Å²) in [4.78, 5) is 18.8. The number of amides is 1. The molecule has 5 heteroatoms. The lowest BCUT2D eigenvalue weighted by molar-refractivity contribution is -0.120. The van der Waals surface area contributed by atoms with Gasteiger partial charge in [-0.3, -0.25) is 4.79 Å². The normalized spacial score (nSPS) is 10.6. The Hall–Kier alpha value is -1.88. The van der Waals surface area contributed by atoms with E-state index < -0.39 is 0 Å². The van der Waals surface area contributed by atoms with Gasteiger partial charge < -0.3 is 16.0 Å². The molecule has 2 rings (SSSR count). The van der Waals surface area contributed by atoms with E-state index in [4.69, 9.17) is 5.73 Å². The molecule has 0 atom stereocenters. The number of benzene rings is 1. The molecule has 0 aliphatic rings. The predicted octanol–water partition coefficient (Wildman–Crippen LogP) is 0.570. The van der Waals surface area contributed by atoms with Crippen LogP contribution < -0.4 is 11.1 Å². The molecule has 17 heavy (non-hydrogen) atoms. The summed E-state index contributed by atoms with van der Waals surface area (Å²) in [5.41, 5.74) is 7.26. The summed E-state index contributed by atoms with van der Waals surface area (Å²) in [6.45, 7) is 0.967. The van der Waals surface area contributed by atoms with Crippen LogP contribution in [0.15, 0.2) is 24.3 Å². The molecule has 0 aliphatic carbocycles. The Kier molecular flexibility index (Phi) is 3.72. The summed E-state index contributed by atoms with van der Waals surface area (Å²) in [6, 6.07) is 7.87. The minimum atomic E-state index is -0.0105. The third kappa shape index (κ3) is 3.04. The van der Waals surface area contributed by atoms with Crippen LogP contribution in [0.4, 0.5) is 0 Å². The first-order valence-electron chi connectivity index (χ1n) is 5.70. The number of hydrogen-bond donors (Lipinski definition) is 3. The van der Waals surface area contributed by atoms with Crippen LogP contribution in [0.5, 0.6) is 0 Å². The third-order valence-corrected chi connectivity index (χ3v) is 2.49. The van der Waals surface area contributed by atoms with Gasteiger partial charge in [0.1, 0.15) is 5.82 Å². The fourth-order valence-corrected chi connectivity index (χ4v) is 1.66. The van der Waals surface area contributed by atoms with Crippen LogP contribution in [-0.2, 0) is 11.2 Å². The van der Waals surface area contributed by atoms with E-state index in [9.17, 15) is 4.79 Å². The van der Waals surface area contributed by atoms with Gasteiger partial charge in [-0.2, -0.15) is 0 Å². The Morgan fingerprint density at radius 2 is 2.24 bits per heavy atom. The molecule has 0 saturated carbocycles. The number of carbonyl (C=O) groups excluding carboxylic acids is 1. The number of aromatic nitrogens is 2. The molecule has 1 aromatic carbocycles. The number of imidazole rings is 1. The Morgan fingerprint density at radius 3 is 3.00 bits per heavy atom. The number of fused-ring (bicyclic) bond motifs is 1. The lowest BCUT2D eigenvalue weighted by Crippen LogP contribution is -2.27. The number of nitrogens with two attached hydrogens (primary N) is 1. The van der Waals surface area contributed by atoms with Crippen molar-refractivity contribution in [3.05, 3.63) is 30.1 Å². The monoisotopic (exact) mass is 232 g/mol. The second-order valence-corrected chi connectivity index (χ2v) is 3.84. The maximum atomic E-state index is 11.2. The zero-order valence-corrected chi connectivity index (χ0v) is 9.57. The molecule has 0 fully saturated rings. The average Bonchev–Trinajstić information content (AvgIpc) is 2.71. The van der Waals surface area contributed by atoms with Gasteiger partial charge in [0.2, 0.25) is 5.91 Å². The number of rotatable bonds is 5. The number of H-pyrrole nitrogens is 1. The van der Waals surface area contributed by atoms with Crippen molar-refractivity contribution < 1.29 is 4.79 Å². The first kappa shape index (κ1) is 11.6. The predicted molar refractivity (Wildman–Crippen MR) is 66.5 cm³/mol. The van der Waals surface area contributed by atoms with E-state index in [1.807, 2.05) is 24.3 Å². The van der Waals surface area contributed by atoms with Gasteiger partial charge in [0.25, 0.3) is 0 Å². The fourth-order valence-electron chi connectivity index (χ4n) is 1.66. The molecule has 2 aromatic rings. The molecule has 0 aliphatic heterocycles. The van der Waals surface area contributed by atoms with Gasteiger partial charge in [-0.25, -0.2) is 4.98 Å². The van der Waals surface area contributed by atoms with Crippen LogP contribution in [0.25, 0.3) is 11.0 Å². The fraction of sp³-hybridized carbons (Fsp3) is 0.333. The van der Waals surface area contributed by atoms with E-state index in [0.717, 1.165) is 16.9 Å². The molecule has 0 radical (unpaired) electrons. The van der Waals surface area contributed by atoms with Gasteiger partial charge in [0.05, 0.1) is 11.0 Å². The van der Waals surface area contributed by atoms with Crippen molar-refractivity contribution in [2.45, 2.75) is 12.8 Å². The number of aromatic amines is 1. The van der Waals surface area contributed by atoms with Crippen molar-refractivity contribution >= 4 is 16.9 Å². The minimum absolute atomic E-state index is 0.0105. The van der Waals surface area contributed by atoms with Crippen LogP contribution in [0.2, 0.25) is 0 Å². The molecule has 1 amide bonds. The summed E-state index contributed by atoms with van der Waals surface area (Å²) >= 11 is 0. The van der Waals surface area contributed by atoms with Crippen LogP contribution in [0, 0.1) is 0 Å². The standard InChI is InChI=1S/C12H16N4O/c13-7-5-12(17)14-8-6-11-15-9-3-1-2-4-10(9)16-11/h1-4H,5-8,13H2,(H,14,17)(H,15,16). The number of nitrogens with zero attached hydrogens (tertiary/aromatic N) is 1. The second kappa shape index (κ2) is 5.45. The zero-order valence-electron chi connectivity index (χ0n) is 9.57. The summed E-state index contributed by atoms with van der Waals surface area (Å²) < 4.78 is 0. The Bertz CT molecular complexity index is 473. The number of para-hydroxylation sites is 2. The van der Waals surface area contributed by atoms with E-state index in [-0.39, 0.29) is 5.91 Å². The molecule has 1 aromatic heterocycles. The van der Waals surface area contributed by atoms with E-state index in [1.54, 1.807) is 0 Å². The molecule has 90 valence electrons. The van der Waals surface area contributed by atoms with Gasteiger partial charge >= 0.3 is 0 Å². The van der Waals surface area contributed by atoms with Crippen LogP contribution in [0.3, 0.4) is 0 Å².